The third kappa shape index (κ3) is 2.19. The number of alkyl halides is 2. The number of H-pyrrole nitrogens is 1. The Labute approximate surface area is 89.1 Å². The van der Waals surface area contributed by atoms with Gasteiger partial charge in [0, 0.05) is 6.20 Å². The summed E-state index contributed by atoms with van der Waals surface area (Å²) in [5, 5.41) is 4.68. The maximum atomic E-state index is 12.4. The SMILES string of the molecule is COc1c[nH]c(C(F)F)c(S(N)(=O)=O)c1=O. The Bertz CT molecular complexity index is 552. The highest BCUT2D eigenvalue weighted by Crippen LogP contribution is 2.22. The van der Waals surface area contributed by atoms with Gasteiger partial charge in [0.15, 0.2) is 10.6 Å². The van der Waals surface area contributed by atoms with Crippen molar-refractivity contribution < 1.29 is 21.9 Å². The van der Waals surface area contributed by atoms with Gasteiger partial charge >= 0.3 is 0 Å². The molecule has 0 unspecified atom stereocenters. The van der Waals surface area contributed by atoms with Gasteiger partial charge in [0.25, 0.3) is 6.43 Å². The molecule has 90 valence electrons. The number of hydrogen-bond donors (Lipinski definition) is 2. The van der Waals surface area contributed by atoms with Gasteiger partial charge in [0.2, 0.25) is 15.5 Å². The Morgan fingerprint density at radius 1 is 1.50 bits per heavy atom. The van der Waals surface area contributed by atoms with Crippen molar-refractivity contribution in [3.8, 4) is 5.75 Å². The lowest BCUT2D eigenvalue weighted by molar-refractivity contribution is 0.141. The second-order valence-electron chi connectivity index (χ2n) is 2.77. The van der Waals surface area contributed by atoms with Gasteiger partial charge in [-0.15, -0.1) is 0 Å². The molecule has 0 fully saturated rings. The van der Waals surface area contributed by atoms with Crippen LogP contribution in [0.25, 0.3) is 0 Å². The number of nitrogens with one attached hydrogen (secondary N) is 1. The Kier molecular flexibility index (Phi) is 3.29. The van der Waals surface area contributed by atoms with Crippen LogP contribution in [-0.2, 0) is 10.0 Å². The van der Waals surface area contributed by atoms with Gasteiger partial charge in [-0.3, -0.25) is 4.79 Å². The first-order valence-electron chi connectivity index (χ1n) is 3.89. The number of aromatic nitrogens is 1. The fourth-order valence-electron chi connectivity index (χ4n) is 1.10. The molecule has 1 aromatic heterocycles. The molecule has 0 bridgehead atoms. The van der Waals surface area contributed by atoms with Crippen LogP contribution < -0.4 is 15.3 Å². The first-order valence-corrected chi connectivity index (χ1v) is 5.44. The van der Waals surface area contributed by atoms with Crippen molar-refractivity contribution in [2.75, 3.05) is 7.11 Å². The Balaban J connectivity index is 3.70. The highest BCUT2D eigenvalue weighted by Gasteiger charge is 2.26. The van der Waals surface area contributed by atoms with Gasteiger partial charge in [0.05, 0.1) is 7.11 Å². The molecule has 0 aliphatic carbocycles. The summed E-state index contributed by atoms with van der Waals surface area (Å²) in [7, 11) is -3.45. The van der Waals surface area contributed by atoms with E-state index in [0.29, 0.717) is 0 Å². The molecule has 0 amide bonds. The fraction of sp³-hybridized carbons (Fsp3) is 0.286. The number of sulfonamides is 1. The number of primary sulfonamides is 1. The van der Waals surface area contributed by atoms with E-state index in [9.17, 15) is 22.0 Å². The number of ether oxygens (including phenoxy) is 1. The van der Waals surface area contributed by atoms with E-state index in [0.717, 1.165) is 13.3 Å². The van der Waals surface area contributed by atoms with Gasteiger partial charge in [0.1, 0.15) is 5.69 Å². The summed E-state index contributed by atoms with van der Waals surface area (Å²) in [6, 6.07) is 0. The average molecular weight is 254 g/mol. The Hall–Kier alpha value is -1.48. The fourth-order valence-corrected chi connectivity index (χ4v) is 1.92. The smallest absolute Gasteiger partial charge is 0.279 e. The van der Waals surface area contributed by atoms with Crippen LogP contribution in [0.4, 0.5) is 8.78 Å². The molecular formula is C7H8F2N2O4S. The van der Waals surface area contributed by atoms with Crippen molar-refractivity contribution in [3.63, 3.8) is 0 Å². The summed E-state index contributed by atoms with van der Waals surface area (Å²) in [6.07, 6.45) is -2.31. The zero-order chi connectivity index (χ0) is 12.5. The third-order valence-electron chi connectivity index (χ3n) is 1.76. The number of nitrogens with two attached hydrogens (primary N) is 1. The molecule has 0 spiro atoms. The number of halogens is 2. The van der Waals surface area contributed by atoms with Gasteiger partial charge in [-0.2, -0.15) is 0 Å². The van der Waals surface area contributed by atoms with Crippen LogP contribution >= 0.6 is 0 Å². The summed E-state index contributed by atoms with van der Waals surface area (Å²) in [4.78, 5) is 12.2. The van der Waals surface area contributed by atoms with Crippen molar-refractivity contribution in [3.05, 3.63) is 22.1 Å². The van der Waals surface area contributed by atoms with Crippen LogP contribution in [0.1, 0.15) is 12.1 Å². The van der Waals surface area contributed by atoms with E-state index in [1.807, 2.05) is 4.98 Å². The third-order valence-corrected chi connectivity index (χ3v) is 2.73. The summed E-state index contributed by atoms with van der Waals surface area (Å²) < 4.78 is 51.4. The molecule has 0 saturated carbocycles. The van der Waals surface area contributed by atoms with Crippen molar-refractivity contribution in [2.24, 2.45) is 5.14 Å². The number of rotatable bonds is 3. The van der Waals surface area contributed by atoms with Gasteiger partial charge in [-0.25, -0.2) is 22.3 Å². The molecule has 0 atom stereocenters. The topological polar surface area (TPSA) is 102 Å². The highest BCUT2D eigenvalue weighted by atomic mass is 32.2. The molecule has 1 heterocycles. The van der Waals surface area contributed by atoms with Crippen molar-refractivity contribution >= 4 is 10.0 Å². The molecule has 1 rings (SSSR count). The zero-order valence-corrected chi connectivity index (χ0v) is 8.85. The molecule has 3 N–H and O–H groups in total. The molecule has 16 heavy (non-hydrogen) atoms. The van der Waals surface area contributed by atoms with E-state index in [-0.39, 0.29) is 0 Å². The molecule has 6 nitrogen and oxygen atoms in total. The van der Waals surface area contributed by atoms with Gasteiger partial charge in [-0.05, 0) is 0 Å². The van der Waals surface area contributed by atoms with E-state index in [4.69, 9.17) is 0 Å². The normalized spacial score (nSPS) is 11.8. The summed E-state index contributed by atoms with van der Waals surface area (Å²) in [5.74, 6) is -0.409. The number of aromatic amines is 1. The molecule has 0 saturated heterocycles. The predicted octanol–water partition coefficient (Wildman–Crippen LogP) is -0.0315. The maximum Gasteiger partial charge on any atom is 0.279 e. The highest BCUT2D eigenvalue weighted by molar-refractivity contribution is 7.89. The first kappa shape index (κ1) is 12.6. The van der Waals surface area contributed by atoms with Crippen LogP contribution in [0.2, 0.25) is 0 Å². The van der Waals surface area contributed by atoms with Gasteiger partial charge < -0.3 is 9.72 Å². The number of methoxy groups -OCH3 is 1. The largest absolute Gasteiger partial charge is 0.491 e. The lowest BCUT2D eigenvalue weighted by atomic mass is 10.3. The van der Waals surface area contributed by atoms with Crippen LogP contribution in [0.15, 0.2) is 15.9 Å². The lowest BCUT2D eigenvalue weighted by Crippen LogP contribution is -2.25. The van der Waals surface area contributed by atoms with Crippen LogP contribution in [-0.4, -0.2) is 20.5 Å². The van der Waals surface area contributed by atoms with E-state index in [1.54, 1.807) is 0 Å². The van der Waals surface area contributed by atoms with E-state index >= 15 is 0 Å². The summed E-state index contributed by atoms with van der Waals surface area (Å²) in [5.41, 5.74) is -2.24. The number of hydrogen-bond acceptors (Lipinski definition) is 4. The molecule has 0 radical (unpaired) electrons. The van der Waals surface area contributed by atoms with Crippen molar-refractivity contribution in [1.29, 1.82) is 0 Å². The van der Waals surface area contributed by atoms with Gasteiger partial charge in [-0.1, -0.05) is 0 Å². The van der Waals surface area contributed by atoms with Crippen molar-refractivity contribution in [2.45, 2.75) is 11.3 Å². The van der Waals surface area contributed by atoms with E-state index in [1.165, 1.54) is 0 Å². The van der Waals surface area contributed by atoms with Crippen LogP contribution in [0.3, 0.4) is 0 Å². The average Bonchev–Trinajstić information content (AvgIpc) is 2.14. The van der Waals surface area contributed by atoms with Crippen LogP contribution in [0.5, 0.6) is 5.75 Å². The van der Waals surface area contributed by atoms with E-state index < -0.39 is 38.2 Å². The minimum Gasteiger partial charge on any atom is -0.491 e. The predicted molar refractivity (Wildman–Crippen MR) is 49.9 cm³/mol. The second-order valence-corrected chi connectivity index (χ2v) is 4.27. The Morgan fingerprint density at radius 3 is 2.44 bits per heavy atom. The molecular weight excluding hydrogens is 246 g/mol. The monoisotopic (exact) mass is 254 g/mol. The Morgan fingerprint density at radius 2 is 2.06 bits per heavy atom. The molecule has 1 aromatic rings. The van der Waals surface area contributed by atoms with Crippen molar-refractivity contribution in [1.82, 2.24) is 4.98 Å². The van der Waals surface area contributed by atoms with Crippen LogP contribution in [0, 0.1) is 0 Å². The zero-order valence-electron chi connectivity index (χ0n) is 8.03. The summed E-state index contributed by atoms with van der Waals surface area (Å²) in [6.45, 7) is 0. The minimum atomic E-state index is -4.55. The first-order chi connectivity index (χ1) is 7.29. The minimum absolute atomic E-state index is 0.409. The lowest BCUT2D eigenvalue weighted by Gasteiger charge is -2.07. The second kappa shape index (κ2) is 4.18. The number of pyridine rings is 1. The maximum absolute atomic E-state index is 12.4. The quantitative estimate of drug-likeness (QED) is 0.790. The molecule has 0 aromatic carbocycles. The molecule has 0 aliphatic heterocycles. The molecule has 9 heteroatoms. The molecule has 0 aliphatic rings. The summed E-state index contributed by atoms with van der Waals surface area (Å²) >= 11 is 0. The standard InChI is InChI=1S/C7H8F2N2O4S/c1-15-3-2-11-4(7(8)9)6(5(3)12)16(10,13)14/h2,7H,1H3,(H,11,12)(H2,10,13,14). The van der Waals surface area contributed by atoms with E-state index in [2.05, 4.69) is 9.88 Å².